The lowest BCUT2D eigenvalue weighted by Crippen LogP contribution is -2.48. The van der Waals surface area contributed by atoms with Crippen LogP contribution in [0.5, 0.6) is 0 Å². The first-order valence-corrected chi connectivity index (χ1v) is 7.98. The van der Waals surface area contributed by atoms with Gasteiger partial charge in [0.2, 0.25) is 0 Å². The number of fused-ring (bicyclic) bond motifs is 1. The van der Waals surface area contributed by atoms with E-state index in [0.717, 1.165) is 26.0 Å². The highest BCUT2D eigenvalue weighted by molar-refractivity contribution is 5.66. The molecule has 0 bridgehead atoms. The van der Waals surface area contributed by atoms with E-state index < -0.39 is 0 Å². The monoisotopic (exact) mass is 298 g/mol. The normalized spacial score (nSPS) is 29.5. The Labute approximate surface area is 128 Å². The average Bonchev–Trinajstić information content (AvgIpc) is 2.92. The van der Waals surface area contributed by atoms with E-state index in [0.29, 0.717) is 12.6 Å². The Morgan fingerprint density at radius 2 is 2.05 bits per heavy atom. The number of ether oxygens (including phenoxy) is 2. The zero-order valence-electron chi connectivity index (χ0n) is 14.1. The second-order valence-electron chi connectivity index (χ2n) is 7.59. The number of hydrogen-bond donors (Lipinski definition) is 0. The molecule has 2 saturated heterocycles. The first-order chi connectivity index (χ1) is 9.73. The Balaban J connectivity index is 1.92. The molecule has 0 N–H and O–H groups in total. The predicted octanol–water partition coefficient (Wildman–Crippen LogP) is 2.50. The highest BCUT2D eigenvalue weighted by atomic mass is 16.6. The molecule has 2 fully saturated rings. The lowest BCUT2D eigenvalue weighted by atomic mass is 9.95. The van der Waals surface area contributed by atoms with Crippen LogP contribution in [-0.2, 0) is 9.47 Å². The van der Waals surface area contributed by atoms with Crippen LogP contribution in [0.15, 0.2) is 0 Å². The molecule has 0 saturated carbocycles. The molecule has 21 heavy (non-hydrogen) atoms. The number of rotatable bonds is 4. The van der Waals surface area contributed by atoms with Gasteiger partial charge in [0.15, 0.2) is 0 Å². The summed E-state index contributed by atoms with van der Waals surface area (Å²) in [6, 6.07) is 0.347. The van der Waals surface area contributed by atoms with E-state index in [1.54, 1.807) is 14.1 Å². The maximum Gasteiger partial charge on any atom is 0.409 e. The second-order valence-corrected chi connectivity index (χ2v) is 7.59. The third-order valence-electron chi connectivity index (χ3n) is 4.57. The summed E-state index contributed by atoms with van der Waals surface area (Å²) in [7, 11) is 3.43. The van der Waals surface area contributed by atoms with Gasteiger partial charge in [0.25, 0.3) is 0 Å². The van der Waals surface area contributed by atoms with Crippen molar-refractivity contribution in [1.29, 1.82) is 0 Å². The molecule has 0 aromatic carbocycles. The molecule has 0 aromatic heterocycles. The van der Waals surface area contributed by atoms with Gasteiger partial charge in [0, 0.05) is 25.7 Å². The summed E-state index contributed by atoms with van der Waals surface area (Å²) < 4.78 is 11.5. The van der Waals surface area contributed by atoms with Gasteiger partial charge in [0.1, 0.15) is 6.61 Å². The zero-order chi connectivity index (χ0) is 15.7. The number of carbonyl (C=O) groups is 1. The molecule has 122 valence electrons. The topological polar surface area (TPSA) is 42.0 Å². The summed E-state index contributed by atoms with van der Waals surface area (Å²) in [6.07, 6.45) is 4.39. The molecule has 2 atom stereocenters. The molecule has 0 radical (unpaired) electrons. The lowest BCUT2D eigenvalue weighted by Gasteiger charge is -2.37. The molecular weight excluding hydrogens is 268 g/mol. The van der Waals surface area contributed by atoms with Crippen molar-refractivity contribution < 1.29 is 14.3 Å². The van der Waals surface area contributed by atoms with Crippen molar-refractivity contribution in [3.63, 3.8) is 0 Å². The van der Waals surface area contributed by atoms with Crippen LogP contribution < -0.4 is 0 Å². The van der Waals surface area contributed by atoms with Gasteiger partial charge in [-0.1, -0.05) is 0 Å². The molecule has 2 heterocycles. The number of nitrogens with zero attached hydrogens (tertiary/aromatic N) is 2. The van der Waals surface area contributed by atoms with Crippen LogP contribution >= 0.6 is 0 Å². The smallest absolute Gasteiger partial charge is 0.409 e. The van der Waals surface area contributed by atoms with E-state index in [1.165, 1.54) is 17.7 Å². The predicted molar refractivity (Wildman–Crippen MR) is 82.4 cm³/mol. The van der Waals surface area contributed by atoms with Crippen molar-refractivity contribution in [3.05, 3.63) is 0 Å². The Kier molecular flexibility index (Phi) is 4.83. The molecule has 2 rings (SSSR count). The second kappa shape index (κ2) is 6.13. The van der Waals surface area contributed by atoms with Gasteiger partial charge in [0.05, 0.1) is 12.2 Å². The summed E-state index contributed by atoms with van der Waals surface area (Å²) in [4.78, 5) is 15.6. The van der Waals surface area contributed by atoms with Crippen LogP contribution in [0.3, 0.4) is 0 Å². The molecule has 0 aromatic rings. The van der Waals surface area contributed by atoms with E-state index in [4.69, 9.17) is 9.47 Å². The summed E-state index contributed by atoms with van der Waals surface area (Å²) >= 11 is 0. The van der Waals surface area contributed by atoms with Crippen LogP contribution in [-0.4, -0.2) is 66.9 Å². The summed E-state index contributed by atoms with van der Waals surface area (Å²) in [5.41, 5.74) is 0.0704. The van der Waals surface area contributed by atoms with Gasteiger partial charge in [-0.25, -0.2) is 4.79 Å². The Hall–Kier alpha value is -0.810. The standard InChI is InChI=1S/C16H30N2O3/c1-15(2,3)21-12-16-8-6-10-18(16)13(7-9-16)11-20-14(19)17(4)5/h13H,6-12H2,1-5H3/t13-,16+/m1/s1. The summed E-state index contributed by atoms with van der Waals surface area (Å²) in [5, 5.41) is 0. The van der Waals surface area contributed by atoms with E-state index in [9.17, 15) is 4.79 Å². The number of amides is 1. The quantitative estimate of drug-likeness (QED) is 0.800. The van der Waals surface area contributed by atoms with Crippen LogP contribution in [0.1, 0.15) is 46.5 Å². The molecule has 2 aliphatic heterocycles. The molecular formula is C16H30N2O3. The summed E-state index contributed by atoms with van der Waals surface area (Å²) in [6.45, 7) is 8.69. The molecule has 1 amide bonds. The van der Waals surface area contributed by atoms with Crippen molar-refractivity contribution in [2.24, 2.45) is 0 Å². The maximum atomic E-state index is 11.6. The van der Waals surface area contributed by atoms with Crippen LogP contribution in [0.4, 0.5) is 4.79 Å². The van der Waals surface area contributed by atoms with Crippen molar-refractivity contribution in [2.45, 2.75) is 63.6 Å². The molecule has 0 unspecified atom stereocenters. The SMILES string of the molecule is CN(C)C(=O)OC[C@H]1CC[C@]2(COC(C)(C)C)CCCN12. The van der Waals surface area contributed by atoms with Crippen LogP contribution in [0.25, 0.3) is 0 Å². The van der Waals surface area contributed by atoms with E-state index in [2.05, 4.69) is 25.7 Å². The fraction of sp³-hybridized carbons (Fsp3) is 0.938. The fourth-order valence-electron chi connectivity index (χ4n) is 3.44. The molecule has 0 spiro atoms. The third-order valence-corrected chi connectivity index (χ3v) is 4.57. The minimum Gasteiger partial charge on any atom is -0.448 e. The van der Waals surface area contributed by atoms with Gasteiger partial charge >= 0.3 is 6.09 Å². The maximum absolute atomic E-state index is 11.6. The first-order valence-electron chi connectivity index (χ1n) is 7.98. The third kappa shape index (κ3) is 3.89. The van der Waals surface area contributed by atoms with Gasteiger partial charge < -0.3 is 14.4 Å². The molecule has 0 aliphatic carbocycles. The Morgan fingerprint density at radius 3 is 2.67 bits per heavy atom. The number of carbonyl (C=O) groups excluding carboxylic acids is 1. The van der Waals surface area contributed by atoms with E-state index in [1.807, 2.05) is 0 Å². The van der Waals surface area contributed by atoms with Gasteiger partial charge in [-0.3, -0.25) is 4.90 Å². The molecule has 5 heteroatoms. The lowest BCUT2D eigenvalue weighted by molar-refractivity contribution is -0.0593. The van der Waals surface area contributed by atoms with Crippen molar-refractivity contribution >= 4 is 6.09 Å². The highest BCUT2D eigenvalue weighted by Crippen LogP contribution is 2.43. The number of hydrogen-bond acceptors (Lipinski definition) is 4. The minimum atomic E-state index is -0.252. The fourth-order valence-corrected chi connectivity index (χ4v) is 3.44. The summed E-state index contributed by atoms with van der Waals surface area (Å²) in [5.74, 6) is 0. The van der Waals surface area contributed by atoms with Crippen LogP contribution in [0.2, 0.25) is 0 Å². The van der Waals surface area contributed by atoms with Gasteiger partial charge in [-0.2, -0.15) is 0 Å². The van der Waals surface area contributed by atoms with E-state index >= 15 is 0 Å². The average molecular weight is 298 g/mol. The van der Waals surface area contributed by atoms with Crippen molar-refractivity contribution in [1.82, 2.24) is 9.80 Å². The molecule has 2 aliphatic rings. The van der Waals surface area contributed by atoms with Crippen molar-refractivity contribution in [3.8, 4) is 0 Å². The first kappa shape index (κ1) is 16.6. The van der Waals surface area contributed by atoms with Gasteiger partial charge in [-0.15, -0.1) is 0 Å². The largest absolute Gasteiger partial charge is 0.448 e. The minimum absolute atomic E-state index is 0.0987. The Bertz CT molecular complexity index is 378. The van der Waals surface area contributed by atoms with Crippen molar-refractivity contribution in [2.75, 3.05) is 33.9 Å². The zero-order valence-corrected chi connectivity index (χ0v) is 14.1. The highest BCUT2D eigenvalue weighted by Gasteiger charge is 2.49. The Morgan fingerprint density at radius 1 is 1.33 bits per heavy atom. The van der Waals surface area contributed by atoms with E-state index in [-0.39, 0.29) is 17.2 Å². The van der Waals surface area contributed by atoms with Crippen LogP contribution in [0, 0.1) is 0 Å². The van der Waals surface area contributed by atoms with Gasteiger partial charge in [-0.05, 0) is 53.0 Å². The molecule has 5 nitrogen and oxygen atoms in total.